The van der Waals surface area contributed by atoms with Crippen molar-refractivity contribution >= 4 is 110 Å². The van der Waals surface area contributed by atoms with E-state index in [0.717, 1.165) is 0 Å². The van der Waals surface area contributed by atoms with Gasteiger partial charge in [-0.1, -0.05) is 35.0 Å². The van der Waals surface area contributed by atoms with Gasteiger partial charge in [0.25, 0.3) is 0 Å². The smallest absolute Gasteiger partial charge is 0.210 e. The monoisotopic (exact) mass is 535 g/mol. The van der Waals surface area contributed by atoms with E-state index in [1.165, 1.54) is 0 Å². The van der Waals surface area contributed by atoms with Crippen LogP contribution in [0.5, 0.6) is 0 Å². The van der Waals surface area contributed by atoms with E-state index < -0.39 is 78.8 Å². The van der Waals surface area contributed by atoms with Crippen molar-refractivity contribution in [1.82, 2.24) is 58.5 Å². The van der Waals surface area contributed by atoms with Crippen molar-refractivity contribution in [1.29, 1.82) is 0 Å². The Balaban J connectivity index is 5.94. The molecule has 0 aromatic carbocycles. The summed E-state index contributed by atoms with van der Waals surface area (Å²) >= 11 is 0. The average Bonchev–Trinajstić information content (AvgIpc) is 2.74. The number of halogens is 1. The molecule has 0 fully saturated rings. The van der Waals surface area contributed by atoms with E-state index >= 15 is 4.39 Å². The summed E-state index contributed by atoms with van der Waals surface area (Å²) in [7, 11) is 77.9. The molecule has 13 nitrogen and oxygen atoms in total. The van der Waals surface area contributed by atoms with E-state index in [0.29, 0.717) is 0 Å². The maximum atomic E-state index is 15.4. The van der Waals surface area contributed by atoms with E-state index in [2.05, 4.69) is 68.7 Å². The Labute approximate surface area is 261 Å². The minimum Gasteiger partial charge on any atom is -0.304 e. The van der Waals surface area contributed by atoms with Gasteiger partial charge in [-0.15, -0.1) is 0 Å². The van der Waals surface area contributed by atoms with Crippen LogP contribution in [0.4, 0.5) is 4.39 Å². The lowest BCUT2D eigenvalue weighted by Crippen LogP contribution is -2.73. The Morgan fingerprint density at radius 2 is 0.634 bits per heavy atom. The normalized spacial score (nSPS) is 14.6. The second kappa shape index (κ2) is 22.5. The Kier molecular flexibility index (Phi) is 22.5. The maximum absolute atomic E-state index is 15.4. The lowest BCUT2D eigenvalue weighted by Gasteiger charge is -2.36. The highest BCUT2D eigenvalue weighted by atomic mass is 19.1. The summed E-state index contributed by atoms with van der Waals surface area (Å²) in [5, 5.41) is 36.8. The van der Waals surface area contributed by atoms with Gasteiger partial charge in [-0.3, -0.25) is 16.0 Å². The van der Waals surface area contributed by atoms with Crippen LogP contribution in [0, 0.1) is 0 Å². The molecule has 0 bridgehead atoms. The van der Waals surface area contributed by atoms with Crippen molar-refractivity contribution in [3.8, 4) is 0 Å². The third-order valence-electron chi connectivity index (χ3n) is 4.08. The maximum Gasteiger partial charge on any atom is 0.210 e. The third kappa shape index (κ3) is 24.1. The van der Waals surface area contributed by atoms with Crippen LogP contribution in [0.25, 0.3) is 0 Å². The SMILES string of the molecule is [B]C([B])N=NC(NC(F)NC(NC(NC([B])[B])NC([B])[B])NC(NC([B])[B])NC([B])[B])NC(NC([B])[B])NC([B])[B]. The first kappa shape index (κ1) is 41.0. The molecular weight excluding hydrogens is 509 g/mol. The summed E-state index contributed by atoms with van der Waals surface area (Å²) in [6.45, 7) is 0. The zero-order chi connectivity index (χ0) is 31.7. The summed E-state index contributed by atoms with van der Waals surface area (Å²) in [5.41, 5.74) is 0. The molecule has 0 rings (SSSR count). The van der Waals surface area contributed by atoms with E-state index in [4.69, 9.17) is 110 Å². The van der Waals surface area contributed by atoms with Gasteiger partial charge in [0.2, 0.25) is 6.42 Å². The molecule has 0 aliphatic rings. The van der Waals surface area contributed by atoms with Gasteiger partial charge in [0.1, 0.15) is 25.2 Å². The van der Waals surface area contributed by atoms with Crippen molar-refractivity contribution in [3.05, 3.63) is 0 Å². The minimum absolute atomic E-state index is 1.01. The first-order valence-electron chi connectivity index (χ1n) is 12.0. The number of nitrogens with zero attached hydrogens (tertiary/aromatic N) is 2. The molecule has 0 saturated heterocycles. The van der Waals surface area contributed by atoms with Crippen molar-refractivity contribution in [3.63, 3.8) is 0 Å². The fraction of sp³-hybridized carbons (Fsp3) is 1.00. The van der Waals surface area contributed by atoms with Crippen molar-refractivity contribution in [2.45, 2.75) is 78.8 Å². The van der Waals surface area contributed by atoms with Crippen LogP contribution in [0.15, 0.2) is 10.2 Å². The van der Waals surface area contributed by atoms with Gasteiger partial charge in [0.05, 0.1) is 110 Å². The molecule has 2 unspecified atom stereocenters. The van der Waals surface area contributed by atoms with Crippen LogP contribution in [-0.2, 0) is 0 Å². The summed E-state index contributed by atoms with van der Waals surface area (Å²) < 4.78 is 15.4. The number of nitrogens with one attached hydrogen (secondary N) is 11. The van der Waals surface area contributed by atoms with Crippen LogP contribution in [-0.4, -0.2) is 189 Å². The molecule has 0 aromatic heterocycles. The van der Waals surface area contributed by atoms with Gasteiger partial charge >= 0.3 is 0 Å². The number of rotatable bonds is 24. The zero-order valence-corrected chi connectivity index (χ0v) is 22.4. The van der Waals surface area contributed by atoms with Crippen LogP contribution in [0.2, 0.25) is 0 Å². The fourth-order valence-corrected chi connectivity index (χ4v) is 2.81. The van der Waals surface area contributed by atoms with Gasteiger partial charge in [-0.25, -0.2) is 20.1 Å². The van der Waals surface area contributed by atoms with E-state index in [1.807, 2.05) is 0 Å². The topological polar surface area (TPSA) is 157 Å². The second-order valence-corrected chi connectivity index (χ2v) is 8.21. The van der Waals surface area contributed by atoms with Gasteiger partial charge < -0.3 is 31.9 Å². The highest BCUT2D eigenvalue weighted by Gasteiger charge is 2.25. The number of alkyl halides is 1. The van der Waals surface area contributed by atoms with Crippen LogP contribution >= 0.6 is 0 Å². The summed E-state index contributed by atoms with van der Waals surface area (Å²) in [5.74, 6) is -7.57. The molecule has 41 heavy (non-hydrogen) atoms. The highest BCUT2D eigenvalue weighted by Crippen LogP contribution is 1.95. The van der Waals surface area contributed by atoms with Crippen molar-refractivity contribution in [2.75, 3.05) is 0 Å². The van der Waals surface area contributed by atoms with Crippen molar-refractivity contribution < 1.29 is 4.39 Å². The van der Waals surface area contributed by atoms with Gasteiger partial charge in [-0.2, -0.15) is 5.11 Å². The molecule has 28 heteroatoms. The average molecular weight is 533 g/mol. The van der Waals surface area contributed by atoms with Gasteiger partial charge in [0.15, 0.2) is 6.29 Å². The summed E-state index contributed by atoms with van der Waals surface area (Å²) in [6.07, 6.45) is -7.72. The first-order chi connectivity index (χ1) is 19.0. The molecule has 11 N–H and O–H groups in total. The number of hydrogen-bond donors (Lipinski definition) is 11. The van der Waals surface area contributed by atoms with Gasteiger partial charge in [0, 0.05) is 0 Å². The Hall–Kier alpha value is -0.000909. The number of azo groups is 1. The summed E-state index contributed by atoms with van der Waals surface area (Å²) in [4.78, 5) is 0. The van der Waals surface area contributed by atoms with Crippen LogP contribution in [0.3, 0.4) is 0 Å². The van der Waals surface area contributed by atoms with E-state index in [1.54, 1.807) is 0 Å². The molecule has 190 valence electrons. The van der Waals surface area contributed by atoms with Gasteiger partial charge in [-0.05, 0) is 5.84 Å². The zero-order valence-electron chi connectivity index (χ0n) is 22.4. The highest BCUT2D eigenvalue weighted by molar-refractivity contribution is 6.37. The molecule has 0 spiro atoms. The molecule has 0 heterocycles. The predicted molar refractivity (Wildman–Crippen MR) is 170 cm³/mol. The van der Waals surface area contributed by atoms with Crippen molar-refractivity contribution in [2.24, 2.45) is 10.2 Å². The lowest BCUT2D eigenvalue weighted by atomic mass is 9.77. The molecule has 0 aromatic rings. The van der Waals surface area contributed by atoms with E-state index in [9.17, 15) is 0 Å². The first-order valence-corrected chi connectivity index (χ1v) is 12.0. The van der Waals surface area contributed by atoms with Crippen LogP contribution < -0.4 is 58.5 Å². The Morgan fingerprint density at radius 3 is 0.927 bits per heavy atom. The third-order valence-corrected chi connectivity index (χ3v) is 4.08. The molecular formula is C13H24B14FN13. The predicted octanol–water partition coefficient (Wildman–Crippen LogP) is -11.1. The standard InChI is InChI=1S/C13H24B14FN13/c14-1(15)29-9(30-2(16)17)37-12(38-10(31-3(18)19)32-4(20)21)35-8(28)36-13(41-40-7(26)27)39-11(33-5(22)23)34-6(24)25/h1-13,29-39H. The minimum atomic E-state index is -2.11. The molecule has 0 aliphatic carbocycles. The van der Waals surface area contributed by atoms with E-state index in [-0.39, 0.29) is 0 Å². The second-order valence-electron chi connectivity index (χ2n) is 8.21. The number of hydrogen-bond acceptors (Lipinski definition) is 13. The fourth-order valence-electron chi connectivity index (χ4n) is 2.81. The van der Waals surface area contributed by atoms with Crippen LogP contribution in [0.1, 0.15) is 0 Å². The Morgan fingerprint density at radius 1 is 0.341 bits per heavy atom. The lowest BCUT2D eigenvalue weighted by molar-refractivity contribution is 0.116. The largest absolute Gasteiger partial charge is 0.304 e. The molecule has 0 amide bonds. The Bertz CT molecular complexity index is 632. The molecule has 28 radical (unpaired) electrons. The summed E-state index contributed by atoms with van der Waals surface area (Å²) in [6, 6.07) is 0. The molecule has 0 aliphatic heterocycles. The molecule has 2 atom stereocenters. The quantitative estimate of drug-likeness (QED) is 0.0248. The molecule has 0 saturated carbocycles.